The number of hydrogen-bond donors (Lipinski definition) is 2. The van der Waals surface area contributed by atoms with Crippen LogP contribution in [0.3, 0.4) is 0 Å². The van der Waals surface area contributed by atoms with Gasteiger partial charge in [0.1, 0.15) is 24.5 Å². The quantitative estimate of drug-likeness (QED) is 0.740. The predicted octanol–water partition coefficient (Wildman–Crippen LogP) is 3.01. The molecule has 0 aliphatic rings. The molecule has 0 radical (unpaired) electrons. The van der Waals surface area contributed by atoms with Crippen molar-refractivity contribution in [1.29, 1.82) is 5.26 Å². The van der Waals surface area contributed by atoms with E-state index in [9.17, 15) is 5.11 Å². The van der Waals surface area contributed by atoms with Crippen molar-refractivity contribution in [3.05, 3.63) is 57.7 Å². The summed E-state index contributed by atoms with van der Waals surface area (Å²) >= 11 is 2.24. The standard InChI is InChI=1S/C16H15IN2O2/c17-13-5-3-6-14(8-13)19-10-15(20)11-21-16-7-2-1-4-12(16)9-18/h1-8,15,19-20H,10-11H2. The summed E-state index contributed by atoms with van der Waals surface area (Å²) in [5.41, 5.74) is 1.42. The molecule has 0 spiro atoms. The number of halogens is 1. The van der Waals surface area contributed by atoms with Gasteiger partial charge in [0.15, 0.2) is 0 Å². The first-order valence-corrected chi connectivity index (χ1v) is 7.56. The molecule has 21 heavy (non-hydrogen) atoms. The van der Waals surface area contributed by atoms with Gasteiger partial charge in [-0.15, -0.1) is 0 Å². The molecule has 0 aromatic heterocycles. The Morgan fingerprint density at radius 2 is 2.05 bits per heavy atom. The summed E-state index contributed by atoms with van der Waals surface area (Å²) in [6, 6.07) is 16.9. The molecule has 2 N–H and O–H groups in total. The van der Waals surface area contributed by atoms with E-state index in [1.54, 1.807) is 24.3 Å². The number of nitrogens with one attached hydrogen (secondary N) is 1. The molecule has 5 heteroatoms. The van der Waals surface area contributed by atoms with E-state index in [-0.39, 0.29) is 6.61 Å². The smallest absolute Gasteiger partial charge is 0.137 e. The molecular formula is C16H15IN2O2. The predicted molar refractivity (Wildman–Crippen MR) is 90.3 cm³/mol. The van der Waals surface area contributed by atoms with Crippen LogP contribution in [0.1, 0.15) is 5.56 Å². The third-order valence-corrected chi connectivity index (χ3v) is 3.48. The number of anilines is 1. The van der Waals surface area contributed by atoms with Crippen molar-refractivity contribution in [3.8, 4) is 11.8 Å². The van der Waals surface area contributed by atoms with Crippen LogP contribution in [-0.2, 0) is 0 Å². The molecule has 0 saturated heterocycles. The van der Waals surface area contributed by atoms with Crippen LogP contribution >= 0.6 is 22.6 Å². The molecule has 0 aliphatic heterocycles. The van der Waals surface area contributed by atoms with Gasteiger partial charge in [-0.05, 0) is 52.9 Å². The number of nitriles is 1. The second-order valence-electron chi connectivity index (χ2n) is 4.46. The Balaban J connectivity index is 1.82. The van der Waals surface area contributed by atoms with Gasteiger partial charge in [0.2, 0.25) is 0 Å². The van der Waals surface area contributed by atoms with Crippen LogP contribution in [0.5, 0.6) is 5.75 Å². The van der Waals surface area contributed by atoms with E-state index in [2.05, 4.69) is 34.0 Å². The van der Waals surface area contributed by atoms with E-state index >= 15 is 0 Å². The fourth-order valence-corrected chi connectivity index (χ4v) is 2.31. The van der Waals surface area contributed by atoms with Gasteiger partial charge < -0.3 is 15.2 Å². The zero-order valence-corrected chi connectivity index (χ0v) is 13.4. The van der Waals surface area contributed by atoms with Crippen LogP contribution in [0, 0.1) is 14.9 Å². The summed E-state index contributed by atoms with van der Waals surface area (Å²) < 4.78 is 6.62. The van der Waals surface area contributed by atoms with Crippen molar-refractivity contribution < 1.29 is 9.84 Å². The number of ether oxygens (including phenoxy) is 1. The van der Waals surface area contributed by atoms with Gasteiger partial charge in [0.25, 0.3) is 0 Å². The summed E-state index contributed by atoms with van der Waals surface area (Å²) in [5.74, 6) is 0.494. The molecule has 2 aromatic carbocycles. The molecule has 0 saturated carbocycles. The molecule has 2 rings (SSSR count). The van der Waals surface area contributed by atoms with Crippen LogP contribution in [0.25, 0.3) is 0 Å². The van der Waals surface area contributed by atoms with Gasteiger partial charge in [0.05, 0.1) is 5.56 Å². The van der Waals surface area contributed by atoms with Gasteiger partial charge in [0, 0.05) is 15.8 Å². The van der Waals surface area contributed by atoms with E-state index in [1.807, 2.05) is 24.3 Å². The van der Waals surface area contributed by atoms with E-state index in [4.69, 9.17) is 10.00 Å². The average molecular weight is 394 g/mol. The molecule has 0 fully saturated rings. The fourth-order valence-electron chi connectivity index (χ4n) is 1.76. The first kappa shape index (κ1) is 15.6. The lowest BCUT2D eigenvalue weighted by Crippen LogP contribution is -2.26. The minimum absolute atomic E-state index is 0.135. The maximum absolute atomic E-state index is 9.93. The lowest BCUT2D eigenvalue weighted by Gasteiger charge is -2.14. The van der Waals surface area contributed by atoms with Gasteiger partial charge in [-0.3, -0.25) is 0 Å². The molecule has 108 valence electrons. The lowest BCUT2D eigenvalue weighted by molar-refractivity contribution is 0.117. The third-order valence-electron chi connectivity index (χ3n) is 2.81. The molecule has 2 aromatic rings. The van der Waals surface area contributed by atoms with E-state index < -0.39 is 6.10 Å². The fraction of sp³-hybridized carbons (Fsp3) is 0.188. The molecule has 1 atom stereocenters. The van der Waals surface area contributed by atoms with Gasteiger partial charge in [-0.2, -0.15) is 5.26 Å². The molecule has 0 aliphatic carbocycles. The van der Waals surface area contributed by atoms with E-state index in [0.717, 1.165) is 9.26 Å². The maximum Gasteiger partial charge on any atom is 0.137 e. The Morgan fingerprint density at radius 1 is 1.24 bits per heavy atom. The number of benzene rings is 2. The normalized spacial score (nSPS) is 11.5. The summed E-state index contributed by atoms with van der Waals surface area (Å²) in [5, 5.41) is 22.0. The first-order chi connectivity index (χ1) is 10.2. The highest BCUT2D eigenvalue weighted by molar-refractivity contribution is 14.1. The van der Waals surface area contributed by atoms with Gasteiger partial charge >= 0.3 is 0 Å². The van der Waals surface area contributed by atoms with Crippen molar-refractivity contribution >= 4 is 28.3 Å². The first-order valence-electron chi connectivity index (χ1n) is 6.48. The largest absolute Gasteiger partial charge is 0.489 e. The highest BCUT2D eigenvalue weighted by Crippen LogP contribution is 2.17. The lowest BCUT2D eigenvalue weighted by atomic mass is 10.2. The topological polar surface area (TPSA) is 65.3 Å². The molecule has 4 nitrogen and oxygen atoms in total. The van der Waals surface area contributed by atoms with Crippen LogP contribution in [0.2, 0.25) is 0 Å². The van der Waals surface area contributed by atoms with Crippen molar-refractivity contribution in [2.24, 2.45) is 0 Å². The second-order valence-corrected chi connectivity index (χ2v) is 5.71. The van der Waals surface area contributed by atoms with Crippen molar-refractivity contribution in [3.63, 3.8) is 0 Å². The minimum atomic E-state index is -0.658. The summed E-state index contributed by atoms with van der Waals surface area (Å²) in [6.07, 6.45) is -0.658. The summed E-state index contributed by atoms with van der Waals surface area (Å²) in [6.45, 7) is 0.518. The number of aliphatic hydroxyl groups excluding tert-OH is 1. The average Bonchev–Trinajstić information content (AvgIpc) is 2.51. The number of rotatable bonds is 6. The van der Waals surface area contributed by atoms with Crippen molar-refractivity contribution in [2.45, 2.75) is 6.10 Å². The zero-order valence-electron chi connectivity index (χ0n) is 11.3. The third kappa shape index (κ3) is 4.92. The second kappa shape index (κ2) is 7.86. The van der Waals surface area contributed by atoms with E-state index in [0.29, 0.717) is 17.9 Å². The number of hydrogen-bond acceptors (Lipinski definition) is 4. The Morgan fingerprint density at radius 3 is 2.81 bits per heavy atom. The Hall–Kier alpha value is -1.78. The molecule has 0 amide bonds. The van der Waals surface area contributed by atoms with Crippen LogP contribution < -0.4 is 10.1 Å². The monoisotopic (exact) mass is 394 g/mol. The van der Waals surface area contributed by atoms with Crippen LogP contribution in [0.4, 0.5) is 5.69 Å². The molecule has 0 bridgehead atoms. The Labute approximate surface area is 137 Å². The van der Waals surface area contributed by atoms with Crippen LogP contribution in [0.15, 0.2) is 48.5 Å². The van der Waals surface area contributed by atoms with Crippen LogP contribution in [-0.4, -0.2) is 24.4 Å². The number of para-hydroxylation sites is 1. The molecule has 1 unspecified atom stereocenters. The molecular weight excluding hydrogens is 379 g/mol. The number of aliphatic hydroxyl groups is 1. The van der Waals surface area contributed by atoms with Gasteiger partial charge in [-0.25, -0.2) is 0 Å². The Bertz CT molecular complexity index is 640. The van der Waals surface area contributed by atoms with Gasteiger partial charge in [-0.1, -0.05) is 18.2 Å². The molecule has 0 heterocycles. The number of nitrogens with zero attached hydrogens (tertiary/aromatic N) is 1. The summed E-state index contributed by atoms with van der Waals surface area (Å²) in [4.78, 5) is 0. The minimum Gasteiger partial charge on any atom is -0.489 e. The zero-order chi connectivity index (χ0) is 15.1. The van der Waals surface area contributed by atoms with Crippen molar-refractivity contribution in [1.82, 2.24) is 0 Å². The maximum atomic E-state index is 9.93. The van der Waals surface area contributed by atoms with Crippen molar-refractivity contribution in [2.75, 3.05) is 18.5 Å². The van der Waals surface area contributed by atoms with E-state index in [1.165, 1.54) is 0 Å². The SMILES string of the molecule is N#Cc1ccccc1OCC(O)CNc1cccc(I)c1. The highest BCUT2D eigenvalue weighted by atomic mass is 127. The Kier molecular flexibility index (Phi) is 5.84. The highest BCUT2D eigenvalue weighted by Gasteiger charge is 2.07. The summed E-state index contributed by atoms with van der Waals surface area (Å²) in [7, 11) is 0.